The molecule has 2 amide bonds. The second-order valence-electron chi connectivity index (χ2n) is 6.49. The Kier molecular flexibility index (Phi) is 4.05. The number of nitrogens with zero attached hydrogens (tertiary/aromatic N) is 2. The minimum atomic E-state index is -0.391. The Hall–Kier alpha value is -2.04. The van der Waals surface area contributed by atoms with Crippen molar-refractivity contribution in [3.63, 3.8) is 0 Å². The van der Waals surface area contributed by atoms with E-state index in [1.54, 1.807) is 4.90 Å². The summed E-state index contributed by atoms with van der Waals surface area (Å²) in [5.41, 5.74) is 1.11. The average Bonchev–Trinajstić information content (AvgIpc) is 2.85. The Bertz CT molecular complexity index is 558. The van der Waals surface area contributed by atoms with E-state index >= 15 is 0 Å². The van der Waals surface area contributed by atoms with Gasteiger partial charge in [-0.05, 0) is 17.9 Å². The second-order valence-corrected chi connectivity index (χ2v) is 6.49. The number of fused-ring (bicyclic) bond motifs is 1. The minimum Gasteiger partial charge on any atom is -0.447 e. The van der Waals surface area contributed by atoms with E-state index < -0.39 is 6.04 Å². The van der Waals surface area contributed by atoms with Crippen molar-refractivity contribution in [3.05, 3.63) is 35.9 Å². The van der Waals surface area contributed by atoms with Gasteiger partial charge in [0.15, 0.2) is 0 Å². The maximum atomic E-state index is 12.8. The number of rotatable bonds is 4. The number of amides is 2. The standard InChI is InChI=1S/C17H22N2O3/c1-12(2)8-15-16(20)18(9-13-6-4-3-5-7-13)10-14-11-22-17(21)19(14)15/h3-7,12,14-15H,8-11H2,1-2H3/t14-,15+/m1/s1. The van der Waals surface area contributed by atoms with Gasteiger partial charge in [-0.1, -0.05) is 44.2 Å². The zero-order valence-corrected chi connectivity index (χ0v) is 13.1. The molecule has 0 aromatic heterocycles. The summed E-state index contributed by atoms with van der Waals surface area (Å²) in [7, 11) is 0. The number of benzene rings is 1. The van der Waals surface area contributed by atoms with Crippen molar-refractivity contribution in [2.45, 2.75) is 38.9 Å². The molecule has 5 heteroatoms. The number of carbonyl (C=O) groups excluding carboxylic acids is 2. The van der Waals surface area contributed by atoms with Crippen molar-refractivity contribution >= 4 is 12.0 Å². The van der Waals surface area contributed by atoms with Gasteiger partial charge in [-0.25, -0.2) is 4.79 Å². The highest BCUT2D eigenvalue weighted by molar-refractivity contribution is 5.88. The van der Waals surface area contributed by atoms with Crippen LogP contribution in [0.15, 0.2) is 30.3 Å². The van der Waals surface area contributed by atoms with Gasteiger partial charge in [0.1, 0.15) is 12.6 Å². The van der Waals surface area contributed by atoms with Crippen LogP contribution >= 0.6 is 0 Å². The molecule has 2 atom stereocenters. The summed E-state index contributed by atoms with van der Waals surface area (Å²) in [4.78, 5) is 28.3. The van der Waals surface area contributed by atoms with Crippen LogP contribution in [-0.2, 0) is 16.1 Å². The Morgan fingerprint density at radius 3 is 2.64 bits per heavy atom. The van der Waals surface area contributed by atoms with E-state index in [0.717, 1.165) is 5.56 Å². The van der Waals surface area contributed by atoms with Gasteiger partial charge in [-0.3, -0.25) is 9.69 Å². The van der Waals surface area contributed by atoms with Crippen LogP contribution in [0.4, 0.5) is 4.79 Å². The van der Waals surface area contributed by atoms with Gasteiger partial charge in [0.05, 0.1) is 6.04 Å². The summed E-state index contributed by atoms with van der Waals surface area (Å²) in [6.07, 6.45) is 0.332. The SMILES string of the molecule is CC(C)C[C@H]1C(=O)N(Cc2ccccc2)C[C@@H]2COC(=O)N21. The van der Waals surface area contributed by atoms with E-state index in [4.69, 9.17) is 4.74 Å². The lowest BCUT2D eigenvalue weighted by atomic mass is 9.97. The normalized spacial score (nSPS) is 24.7. The molecule has 0 N–H and O–H groups in total. The number of ether oxygens (including phenoxy) is 1. The molecule has 0 radical (unpaired) electrons. The van der Waals surface area contributed by atoms with Crippen LogP contribution in [-0.4, -0.2) is 47.0 Å². The first kappa shape index (κ1) is 14.9. The van der Waals surface area contributed by atoms with Crippen molar-refractivity contribution in [2.24, 2.45) is 5.92 Å². The quantitative estimate of drug-likeness (QED) is 0.857. The molecule has 2 heterocycles. The maximum absolute atomic E-state index is 12.8. The first-order valence-electron chi connectivity index (χ1n) is 7.84. The Morgan fingerprint density at radius 2 is 1.95 bits per heavy atom. The van der Waals surface area contributed by atoms with Crippen molar-refractivity contribution in [1.29, 1.82) is 0 Å². The van der Waals surface area contributed by atoms with E-state index in [9.17, 15) is 9.59 Å². The summed E-state index contributed by atoms with van der Waals surface area (Å²) in [5, 5.41) is 0. The summed E-state index contributed by atoms with van der Waals surface area (Å²) in [6, 6.07) is 9.55. The van der Waals surface area contributed by atoms with Crippen molar-refractivity contribution in [3.8, 4) is 0 Å². The molecule has 2 aliphatic heterocycles. The molecular formula is C17H22N2O3. The molecule has 118 valence electrons. The zero-order valence-electron chi connectivity index (χ0n) is 13.1. The molecule has 0 saturated carbocycles. The highest BCUT2D eigenvalue weighted by Crippen LogP contribution is 2.28. The fourth-order valence-corrected chi connectivity index (χ4v) is 3.28. The van der Waals surface area contributed by atoms with Crippen LogP contribution in [0, 0.1) is 5.92 Å². The Morgan fingerprint density at radius 1 is 1.23 bits per heavy atom. The summed E-state index contributed by atoms with van der Waals surface area (Å²) < 4.78 is 5.17. The van der Waals surface area contributed by atoms with Crippen LogP contribution in [0.3, 0.4) is 0 Å². The fraction of sp³-hybridized carbons (Fsp3) is 0.529. The van der Waals surface area contributed by atoms with Crippen molar-refractivity contribution in [2.75, 3.05) is 13.2 Å². The highest BCUT2D eigenvalue weighted by Gasteiger charge is 2.47. The van der Waals surface area contributed by atoms with E-state index in [0.29, 0.717) is 32.0 Å². The van der Waals surface area contributed by atoms with E-state index in [1.807, 2.05) is 35.2 Å². The monoisotopic (exact) mass is 302 g/mol. The minimum absolute atomic E-state index is 0.0161. The number of cyclic esters (lactones) is 1. The second kappa shape index (κ2) is 5.99. The number of hydrogen-bond acceptors (Lipinski definition) is 3. The molecule has 0 bridgehead atoms. The van der Waals surface area contributed by atoms with Crippen molar-refractivity contribution < 1.29 is 14.3 Å². The lowest BCUT2D eigenvalue weighted by Gasteiger charge is -2.41. The summed E-state index contributed by atoms with van der Waals surface area (Å²) in [5.74, 6) is 0.382. The van der Waals surface area contributed by atoms with E-state index in [1.165, 1.54) is 0 Å². The molecule has 2 fully saturated rings. The molecule has 1 aromatic carbocycles. The van der Waals surface area contributed by atoms with Gasteiger partial charge >= 0.3 is 6.09 Å². The number of carbonyl (C=O) groups is 2. The van der Waals surface area contributed by atoms with Crippen LogP contribution in [0.5, 0.6) is 0 Å². The van der Waals surface area contributed by atoms with Gasteiger partial charge < -0.3 is 9.64 Å². The van der Waals surface area contributed by atoms with Gasteiger partial charge in [0.25, 0.3) is 0 Å². The third-order valence-electron chi connectivity index (χ3n) is 4.28. The van der Waals surface area contributed by atoms with E-state index in [-0.39, 0.29) is 18.0 Å². The molecular weight excluding hydrogens is 280 g/mol. The summed E-state index contributed by atoms with van der Waals surface area (Å²) >= 11 is 0. The van der Waals surface area contributed by atoms with Gasteiger partial charge in [-0.2, -0.15) is 0 Å². The molecule has 2 aliphatic rings. The Labute approximate surface area is 130 Å². The molecule has 5 nitrogen and oxygen atoms in total. The molecule has 0 aliphatic carbocycles. The van der Waals surface area contributed by atoms with Crippen LogP contribution in [0.1, 0.15) is 25.8 Å². The topological polar surface area (TPSA) is 49.9 Å². The lowest BCUT2D eigenvalue weighted by Crippen LogP contribution is -2.61. The fourth-order valence-electron chi connectivity index (χ4n) is 3.28. The predicted octanol–water partition coefficient (Wildman–Crippen LogP) is 2.26. The number of piperazine rings is 1. The molecule has 22 heavy (non-hydrogen) atoms. The van der Waals surface area contributed by atoms with Crippen LogP contribution < -0.4 is 0 Å². The van der Waals surface area contributed by atoms with Gasteiger partial charge in [0, 0.05) is 13.1 Å². The molecule has 1 aromatic rings. The maximum Gasteiger partial charge on any atom is 0.410 e. The highest BCUT2D eigenvalue weighted by atomic mass is 16.6. The molecule has 0 unspecified atom stereocenters. The summed E-state index contributed by atoms with van der Waals surface area (Å²) in [6.45, 7) is 5.66. The van der Waals surface area contributed by atoms with Gasteiger partial charge in [-0.15, -0.1) is 0 Å². The average molecular weight is 302 g/mol. The third kappa shape index (κ3) is 2.80. The first-order valence-corrected chi connectivity index (χ1v) is 7.84. The molecule has 3 rings (SSSR count). The van der Waals surface area contributed by atoms with E-state index in [2.05, 4.69) is 13.8 Å². The number of hydrogen-bond donors (Lipinski definition) is 0. The lowest BCUT2D eigenvalue weighted by molar-refractivity contribution is -0.143. The van der Waals surface area contributed by atoms with Crippen LogP contribution in [0.25, 0.3) is 0 Å². The molecule has 2 saturated heterocycles. The smallest absolute Gasteiger partial charge is 0.410 e. The van der Waals surface area contributed by atoms with Gasteiger partial charge in [0.2, 0.25) is 5.91 Å². The first-order chi connectivity index (χ1) is 10.6. The third-order valence-corrected chi connectivity index (χ3v) is 4.28. The largest absolute Gasteiger partial charge is 0.447 e. The zero-order chi connectivity index (χ0) is 15.7. The Balaban J connectivity index is 1.81. The molecule has 0 spiro atoms. The predicted molar refractivity (Wildman–Crippen MR) is 82.1 cm³/mol. The van der Waals surface area contributed by atoms with Crippen LogP contribution in [0.2, 0.25) is 0 Å². The van der Waals surface area contributed by atoms with Crippen molar-refractivity contribution in [1.82, 2.24) is 9.80 Å².